The maximum atomic E-state index is 15.4. The highest BCUT2D eigenvalue weighted by molar-refractivity contribution is 5.88. The molecular formula is C60H100O29. The molecule has 34 atom stereocenters. The van der Waals surface area contributed by atoms with Crippen molar-refractivity contribution in [3.05, 3.63) is 11.6 Å². The van der Waals surface area contributed by atoms with Gasteiger partial charge in [-0.3, -0.25) is 4.79 Å². The molecule has 9 rings (SSSR count). The molecule has 0 amide bonds. The van der Waals surface area contributed by atoms with E-state index in [4.69, 9.17) is 47.4 Å². The van der Waals surface area contributed by atoms with Gasteiger partial charge in [0, 0.05) is 17.3 Å². The molecule has 0 bridgehead atoms. The highest BCUT2D eigenvalue weighted by Crippen LogP contribution is 2.74. The molecule has 0 radical (unpaired) electrons. The van der Waals surface area contributed by atoms with E-state index in [2.05, 4.69) is 33.8 Å². The summed E-state index contributed by atoms with van der Waals surface area (Å²) in [4.78, 5) is 15.4. The van der Waals surface area contributed by atoms with Crippen molar-refractivity contribution < 1.29 is 144 Å². The SMILES string of the molecule is C[C@H](CC[C@@H](O[C@@H]1OC(CO[C@@H]2O[C@H](CO)[C@@H](O)[C@H](O)[C@H]2O)[C@@H](O)[C@H](O)[C@H]1O[C@@H]1O[C@H](CO)[C@@H](O)[C@H](O)[C@H]1O)C(C)(C)O)C1CC[C@@]2(C)[C@H]3CC=C4[C@@H](CC[C@H](O[C@@H]5O[C@H](CO[C@@H]6O[C@H](CO)[C@@H](O)[C@H](O)[C@H]6O)[C@@H](O)[C@H](O)[C@H]5O)C4(C)C)[C@]3(C)C(=O)C[C@]12C. The largest absolute Gasteiger partial charge is 0.394 e. The van der Waals surface area contributed by atoms with E-state index in [1.807, 2.05) is 13.8 Å². The quantitative estimate of drug-likeness (QED) is 0.0507. The Bertz CT molecular complexity index is 2390. The van der Waals surface area contributed by atoms with E-state index in [1.54, 1.807) is 0 Å². The molecule has 8 fully saturated rings. The second-order valence-electron chi connectivity index (χ2n) is 28.5. The van der Waals surface area contributed by atoms with Crippen molar-refractivity contribution >= 4 is 5.78 Å². The number of hydrogen-bond donors (Lipinski definition) is 18. The number of carbonyl (C=O) groups is 1. The van der Waals surface area contributed by atoms with Gasteiger partial charge in [0.05, 0.1) is 50.8 Å². The molecular weight excluding hydrogens is 1180 g/mol. The summed E-state index contributed by atoms with van der Waals surface area (Å²) in [6.07, 6.45) is -37.4. The average molecular weight is 1290 g/mol. The number of aliphatic hydroxyl groups is 18. The summed E-state index contributed by atoms with van der Waals surface area (Å²) in [5.74, 6) is -0.178. The van der Waals surface area contributed by atoms with Gasteiger partial charge in [0.2, 0.25) is 0 Å². The van der Waals surface area contributed by atoms with Crippen molar-refractivity contribution in [3.8, 4) is 0 Å². The molecule has 514 valence electrons. The van der Waals surface area contributed by atoms with Crippen molar-refractivity contribution in [2.75, 3.05) is 33.0 Å². The van der Waals surface area contributed by atoms with Gasteiger partial charge in [-0.25, -0.2) is 0 Å². The average Bonchev–Trinajstić information content (AvgIpc) is 1.66. The predicted molar refractivity (Wildman–Crippen MR) is 299 cm³/mol. The van der Waals surface area contributed by atoms with Gasteiger partial charge in [0.25, 0.3) is 0 Å². The van der Waals surface area contributed by atoms with Gasteiger partial charge in [0.15, 0.2) is 31.5 Å². The van der Waals surface area contributed by atoms with Gasteiger partial charge < -0.3 is 139 Å². The van der Waals surface area contributed by atoms with E-state index in [0.29, 0.717) is 25.7 Å². The second-order valence-corrected chi connectivity index (χ2v) is 28.5. The van der Waals surface area contributed by atoms with E-state index in [9.17, 15) is 91.9 Å². The molecule has 0 aromatic heterocycles. The van der Waals surface area contributed by atoms with Crippen molar-refractivity contribution in [1.82, 2.24) is 0 Å². The van der Waals surface area contributed by atoms with E-state index in [-0.39, 0.29) is 47.7 Å². The highest BCUT2D eigenvalue weighted by Gasteiger charge is 2.71. The summed E-state index contributed by atoms with van der Waals surface area (Å²) in [7, 11) is 0. The standard InChI is InChI=1S/C60H100O29/c1-23(9-13-35(57(4,5)79)88-55-50(89-54-49(78)43(72)38(67)29(20-63)84-54)45(74)40(69)31(86-55)22-81-52-47(76)42(71)37(66)28(19-62)83-52)24-15-16-58(6)32-12-10-25-26(60(32,8)33(64)17-59(24,58)7)11-14-34(56(25,2)3)87-53-48(77)44(73)39(68)30(85-53)21-80-51-46(75)41(70)36(65)27(18-61)82-51/h10,23-24,26-32,34-55,61-63,65-79H,9,11-22H2,1-8H3/t23-,24?,26-,27-,28-,29-,30-,31?,32-,34+,35-,36-,37-,38-,39-,40-,41+,42+,43+,44+,45+,46-,47-,48-,49-,50-,51-,52-,53+,54+,55+,58+,59-,60+/m1/s1. The van der Waals surface area contributed by atoms with E-state index in [0.717, 1.165) is 18.4 Å². The number of ketones is 1. The Morgan fingerprint density at radius 2 is 0.978 bits per heavy atom. The molecule has 3 saturated carbocycles. The molecule has 29 nitrogen and oxygen atoms in total. The molecule has 5 aliphatic heterocycles. The van der Waals surface area contributed by atoms with Crippen LogP contribution in [-0.2, 0) is 52.2 Å². The molecule has 4 aliphatic carbocycles. The van der Waals surface area contributed by atoms with Gasteiger partial charge in [-0.1, -0.05) is 53.2 Å². The monoisotopic (exact) mass is 1280 g/mol. The minimum Gasteiger partial charge on any atom is -0.394 e. The first kappa shape index (κ1) is 71.6. The number of aliphatic hydroxyl groups excluding tert-OH is 17. The molecule has 0 aromatic rings. The van der Waals surface area contributed by atoms with Crippen LogP contribution in [-0.4, -0.2) is 302 Å². The molecule has 0 spiro atoms. The van der Waals surface area contributed by atoms with E-state index < -0.39 is 221 Å². The number of ether oxygens (including phenoxy) is 10. The number of rotatable bonds is 20. The van der Waals surface area contributed by atoms with Gasteiger partial charge >= 0.3 is 0 Å². The fourth-order valence-corrected chi connectivity index (χ4v) is 16.7. The summed E-state index contributed by atoms with van der Waals surface area (Å²) in [5.41, 5.74) is -2.96. The lowest BCUT2D eigenvalue weighted by Crippen LogP contribution is -2.65. The van der Waals surface area contributed by atoms with Gasteiger partial charge in [-0.2, -0.15) is 0 Å². The Balaban J connectivity index is 0.884. The van der Waals surface area contributed by atoms with Gasteiger partial charge in [-0.05, 0) is 93.3 Å². The Labute approximate surface area is 516 Å². The predicted octanol–water partition coefficient (Wildman–Crippen LogP) is -5.20. The van der Waals surface area contributed by atoms with Crippen LogP contribution in [0, 0.1) is 45.3 Å². The Morgan fingerprint density at radius 3 is 1.47 bits per heavy atom. The van der Waals surface area contributed by atoms with Crippen molar-refractivity contribution in [3.63, 3.8) is 0 Å². The Hall–Kier alpha value is -1.71. The first-order valence-electron chi connectivity index (χ1n) is 31.4. The van der Waals surface area contributed by atoms with Crippen LogP contribution < -0.4 is 0 Å². The third-order valence-corrected chi connectivity index (χ3v) is 22.6. The van der Waals surface area contributed by atoms with Crippen LogP contribution in [0.5, 0.6) is 0 Å². The molecule has 2 unspecified atom stereocenters. The zero-order valence-electron chi connectivity index (χ0n) is 51.7. The summed E-state index contributed by atoms with van der Waals surface area (Å²) in [6, 6.07) is 0. The van der Waals surface area contributed by atoms with Crippen LogP contribution in [0.1, 0.15) is 107 Å². The zero-order valence-corrected chi connectivity index (χ0v) is 51.7. The first-order chi connectivity index (χ1) is 41.6. The van der Waals surface area contributed by atoms with E-state index >= 15 is 4.79 Å². The zero-order chi connectivity index (χ0) is 65.5. The number of hydrogen-bond acceptors (Lipinski definition) is 29. The van der Waals surface area contributed by atoms with Crippen LogP contribution in [0.15, 0.2) is 11.6 Å². The van der Waals surface area contributed by atoms with Crippen LogP contribution >= 0.6 is 0 Å². The third-order valence-electron chi connectivity index (χ3n) is 22.6. The molecule has 0 aromatic carbocycles. The number of fused-ring (bicyclic) bond motifs is 5. The Morgan fingerprint density at radius 1 is 0.539 bits per heavy atom. The van der Waals surface area contributed by atoms with Crippen molar-refractivity contribution in [2.45, 2.75) is 278 Å². The van der Waals surface area contributed by atoms with Crippen LogP contribution in [0.3, 0.4) is 0 Å². The summed E-state index contributed by atoms with van der Waals surface area (Å²) in [6.45, 7) is 12.2. The lowest BCUT2D eigenvalue weighted by Gasteiger charge is -2.65. The van der Waals surface area contributed by atoms with Gasteiger partial charge in [0.1, 0.15) is 128 Å². The van der Waals surface area contributed by atoms with Gasteiger partial charge in [-0.15, -0.1) is 0 Å². The summed E-state index contributed by atoms with van der Waals surface area (Å²) >= 11 is 0. The highest BCUT2D eigenvalue weighted by atomic mass is 16.8. The minimum atomic E-state index is -1.97. The Kier molecular flexibility index (Phi) is 22.1. The number of Topliss-reactive ketones (excluding diaryl/α,β-unsaturated/α-hetero) is 1. The maximum Gasteiger partial charge on any atom is 0.187 e. The van der Waals surface area contributed by atoms with Crippen LogP contribution in [0.2, 0.25) is 0 Å². The maximum absolute atomic E-state index is 15.4. The first-order valence-corrected chi connectivity index (χ1v) is 31.4. The summed E-state index contributed by atoms with van der Waals surface area (Å²) in [5, 5.41) is 192. The smallest absolute Gasteiger partial charge is 0.187 e. The minimum absolute atomic E-state index is 0.00532. The van der Waals surface area contributed by atoms with E-state index in [1.165, 1.54) is 13.8 Å². The molecule has 9 aliphatic rings. The van der Waals surface area contributed by atoms with Crippen molar-refractivity contribution in [2.24, 2.45) is 45.3 Å². The number of carbonyl (C=O) groups excluding carboxylic acids is 1. The normalized spacial score (nSPS) is 51.0. The second kappa shape index (κ2) is 27.4. The molecule has 5 heterocycles. The molecule has 89 heavy (non-hydrogen) atoms. The lowest BCUT2D eigenvalue weighted by atomic mass is 9.38. The molecule has 18 N–H and O–H groups in total. The fourth-order valence-electron chi connectivity index (χ4n) is 16.7. The number of allylic oxidation sites excluding steroid dienone is 1. The lowest BCUT2D eigenvalue weighted by molar-refractivity contribution is -0.380. The topological polar surface area (TPSA) is 474 Å². The van der Waals surface area contributed by atoms with Crippen molar-refractivity contribution in [1.29, 1.82) is 0 Å². The van der Waals surface area contributed by atoms with Crippen LogP contribution in [0.25, 0.3) is 0 Å². The summed E-state index contributed by atoms with van der Waals surface area (Å²) < 4.78 is 59.2. The molecule has 29 heteroatoms. The van der Waals surface area contributed by atoms with Crippen LogP contribution in [0.4, 0.5) is 0 Å². The third kappa shape index (κ3) is 13.0. The molecule has 5 saturated heterocycles. The fraction of sp³-hybridized carbons (Fsp3) is 0.950.